The molecule has 30 heavy (non-hydrogen) atoms. The third kappa shape index (κ3) is 3.89. The molecule has 2 fully saturated rings. The number of amides is 3. The second-order valence-corrected chi connectivity index (χ2v) is 8.96. The molecule has 162 valence electrons. The summed E-state index contributed by atoms with van der Waals surface area (Å²) in [5.74, 6) is -0.136. The summed E-state index contributed by atoms with van der Waals surface area (Å²) in [5.41, 5.74) is 0.755. The molecule has 2 atom stereocenters. The molecule has 0 aromatic heterocycles. The van der Waals surface area contributed by atoms with Crippen LogP contribution in [0.1, 0.15) is 68.6 Å². The van der Waals surface area contributed by atoms with Crippen molar-refractivity contribution in [2.24, 2.45) is 0 Å². The van der Waals surface area contributed by atoms with Crippen molar-refractivity contribution in [3.63, 3.8) is 0 Å². The maximum absolute atomic E-state index is 13.1. The number of fused-ring (bicyclic) bond motifs is 1. The van der Waals surface area contributed by atoms with Crippen molar-refractivity contribution in [2.75, 3.05) is 18.9 Å². The minimum absolute atomic E-state index is 0.0113. The third-order valence-electron chi connectivity index (χ3n) is 7.06. The first kappa shape index (κ1) is 20.7. The summed E-state index contributed by atoms with van der Waals surface area (Å²) in [7, 11) is 1.87. The zero-order valence-electron chi connectivity index (χ0n) is 17.9. The van der Waals surface area contributed by atoms with Crippen LogP contribution in [0.4, 0.5) is 5.69 Å². The summed E-state index contributed by atoms with van der Waals surface area (Å²) in [5, 5.41) is 6.55. The molecule has 2 unspecified atom stereocenters. The molecule has 1 aromatic carbocycles. The minimum Gasteiger partial charge on any atom is -0.362 e. The largest absolute Gasteiger partial charge is 0.362 e. The van der Waals surface area contributed by atoms with Crippen LogP contribution >= 0.6 is 0 Å². The number of carbonyl (C=O) groups excluding carboxylic acids is 3. The van der Waals surface area contributed by atoms with Crippen molar-refractivity contribution in [1.29, 1.82) is 0 Å². The molecule has 1 aromatic rings. The van der Waals surface area contributed by atoms with Crippen molar-refractivity contribution >= 4 is 23.4 Å². The fraction of sp³-hybridized carbons (Fsp3) is 0.609. The highest BCUT2D eigenvalue weighted by Gasteiger charge is 2.42. The van der Waals surface area contributed by atoms with Gasteiger partial charge in [0.1, 0.15) is 11.7 Å². The molecule has 3 aliphatic rings. The number of hydrogen-bond donors (Lipinski definition) is 2. The summed E-state index contributed by atoms with van der Waals surface area (Å²) in [4.78, 5) is 42.2. The Hall–Kier alpha value is -2.57. The van der Waals surface area contributed by atoms with Crippen LogP contribution in [0.3, 0.4) is 0 Å². The number of anilines is 1. The normalized spacial score (nSPS) is 25.7. The number of nitrogens with zero attached hydrogens (tertiary/aromatic N) is 2. The lowest BCUT2D eigenvalue weighted by Crippen LogP contribution is -2.58. The smallest absolute Gasteiger partial charge is 0.255 e. The van der Waals surface area contributed by atoms with Crippen LogP contribution in [0, 0.1) is 0 Å². The van der Waals surface area contributed by atoms with E-state index in [0.29, 0.717) is 31.4 Å². The zero-order chi connectivity index (χ0) is 21.3. The van der Waals surface area contributed by atoms with Crippen molar-refractivity contribution in [3.8, 4) is 0 Å². The molecular formula is C23H32N4O3. The molecule has 2 heterocycles. The highest BCUT2D eigenvalue weighted by Crippen LogP contribution is 2.32. The van der Waals surface area contributed by atoms with Crippen LogP contribution in [-0.4, -0.2) is 58.9 Å². The molecule has 1 saturated heterocycles. The SMILES string of the molecule is CC(C(=O)N(C)C1CCCCC1)N1CCC2(CCC1=O)NC(=O)c1ccccc1N2. The quantitative estimate of drug-likeness (QED) is 0.800. The van der Waals surface area contributed by atoms with Gasteiger partial charge in [0.25, 0.3) is 5.91 Å². The van der Waals surface area contributed by atoms with E-state index in [-0.39, 0.29) is 23.8 Å². The fourth-order valence-corrected chi connectivity index (χ4v) is 5.12. The summed E-state index contributed by atoms with van der Waals surface area (Å²) >= 11 is 0. The van der Waals surface area contributed by atoms with E-state index in [0.717, 1.165) is 31.4 Å². The maximum atomic E-state index is 13.1. The van der Waals surface area contributed by atoms with E-state index in [1.54, 1.807) is 11.0 Å². The predicted molar refractivity (Wildman–Crippen MR) is 115 cm³/mol. The van der Waals surface area contributed by atoms with E-state index in [1.165, 1.54) is 6.42 Å². The van der Waals surface area contributed by atoms with Gasteiger partial charge in [0, 0.05) is 38.2 Å². The highest BCUT2D eigenvalue weighted by atomic mass is 16.2. The van der Waals surface area contributed by atoms with Gasteiger partial charge in [-0.2, -0.15) is 0 Å². The Morgan fingerprint density at radius 2 is 1.87 bits per heavy atom. The molecule has 0 radical (unpaired) electrons. The minimum atomic E-state index is -0.659. The van der Waals surface area contributed by atoms with Crippen LogP contribution in [0.25, 0.3) is 0 Å². The number of para-hydroxylation sites is 1. The number of rotatable bonds is 3. The molecule has 4 rings (SSSR count). The van der Waals surface area contributed by atoms with Gasteiger partial charge in [0.15, 0.2) is 0 Å². The first-order valence-corrected chi connectivity index (χ1v) is 11.2. The van der Waals surface area contributed by atoms with Gasteiger partial charge in [0.05, 0.1) is 5.56 Å². The van der Waals surface area contributed by atoms with Gasteiger partial charge in [0.2, 0.25) is 11.8 Å². The molecular weight excluding hydrogens is 380 g/mol. The Morgan fingerprint density at radius 3 is 2.63 bits per heavy atom. The number of likely N-dealkylation sites (tertiary alicyclic amines) is 1. The summed E-state index contributed by atoms with van der Waals surface area (Å²) in [6.07, 6.45) is 7.00. The topological polar surface area (TPSA) is 81.8 Å². The maximum Gasteiger partial charge on any atom is 0.255 e. The molecule has 0 bridgehead atoms. The van der Waals surface area contributed by atoms with Gasteiger partial charge in [-0.25, -0.2) is 0 Å². The van der Waals surface area contributed by atoms with E-state index in [9.17, 15) is 14.4 Å². The lowest BCUT2D eigenvalue weighted by Gasteiger charge is -2.40. The average Bonchev–Trinajstić information content (AvgIpc) is 2.92. The standard InChI is InChI=1S/C23H32N4O3/c1-16(22(30)26(2)17-8-4-3-5-9-17)27-15-14-23(13-12-20(27)28)24-19-11-7-6-10-18(19)21(29)25-23/h6-7,10-11,16-17,24H,3-5,8-9,12-15H2,1-2H3,(H,25,29). The lowest BCUT2D eigenvalue weighted by molar-refractivity contribution is -0.145. The summed E-state index contributed by atoms with van der Waals surface area (Å²) in [6.45, 7) is 2.26. The number of carbonyl (C=O) groups is 3. The Morgan fingerprint density at radius 1 is 1.13 bits per heavy atom. The summed E-state index contributed by atoms with van der Waals surface area (Å²) < 4.78 is 0. The molecule has 7 nitrogen and oxygen atoms in total. The molecule has 1 spiro atoms. The second kappa shape index (κ2) is 8.28. The van der Waals surface area contributed by atoms with Gasteiger partial charge in [-0.1, -0.05) is 31.4 Å². The van der Waals surface area contributed by atoms with E-state index in [4.69, 9.17) is 0 Å². The van der Waals surface area contributed by atoms with Crippen LogP contribution in [0.15, 0.2) is 24.3 Å². The molecule has 2 N–H and O–H groups in total. The number of hydrogen-bond acceptors (Lipinski definition) is 4. The Kier molecular flexibility index (Phi) is 5.71. The molecule has 1 saturated carbocycles. The van der Waals surface area contributed by atoms with E-state index >= 15 is 0 Å². The van der Waals surface area contributed by atoms with E-state index in [2.05, 4.69) is 10.6 Å². The van der Waals surface area contributed by atoms with Gasteiger partial charge < -0.3 is 20.4 Å². The van der Waals surface area contributed by atoms with Crippen LogP contribution in [-0.2, 0) is 9.59 Å². The highest BCUT2D eigenvalue weighted by molar-refractivity contribution is 6.02. The summed E-state index contributed by atoms with van der Waals surface area (Å²) in [6, 6.07) is 7.20. The number of likely N-dealkylation sites (N-methyl/N-ethyl adjacent to an activating group) is 1. The molecule has 3 amide bonds. The first-order chi connectivity index (χ1) is 14.4. The number of nitrogens with one attached hydrogen (secondary N) is 2. The lowest BCUT2D eigenvalue weighted by atomic mass is 9.94. The van der Waals surface area contributed by atoms with Crippen molar-refractivity contribution in [2.45, 2.75) is 76.0 Å². The van der Waals surface area contributed by atoms with Gasteiger partial charge >= 0.3 is 0 Å². The van der Waals surface area contributed by atoms with Crippen LogP contribution in [0.5, 0.6) is 0 Å². The molecule has 7 heteroatoms. The second-order valence-electron chi connectivity index (χ2n) is 8.96. The Labute approximate surface area is 178 Å². The average molecular weight is 413 g/mol. The van der Waals surface area contributed by atoms with Crippen LogP contribution in [0.2, 0.25) is 0 Å². The Balaban J connectivity index is 1.46. The fourth-order valence-electron chi connectivity index (χ4n) is 5.12. The van der Waals surface area contributed by atoms with E-state index in [1.807, 2.05) is 37.1 Å². The van der Waals surface area contributed by atoms with Gasteiger partial charge in [-0.05, 0) is 38.3 Å². The van der Waals surface area contributed by atoms with Gasteiger partial charge in [-0.15, -0.1) is 0 Å². The van der Waals surface area contributed by atoms with Crippen molar-refractivity contribution in [1.82, 2.24) is 15.1 Å². The van der Waals surface area contributed by atoms with Gasteiger partial charge in [-0.3, -0.25) is 14.4 Å². The predicted octanol–water partition coefficient (Wildman–Crippen LogP) is 2.73. The zero-order valence-corrected chi connectivity index (χ0v) is 17.9. The molecule has 1 aliphatic carbocycles. The monoisotopic (exact) mass is 412 g/mol. The van der Waals surface area contributed by atoms with E-state index < -0.39 is 11.7 Å². The van der Waals surface area contributed by atoms with Crippen molar-refractivity contribution < 1.29 is 14.4 Å². The first-order valence-electron chi connectivity index (χ1n) is 11.2. The third-order valence-corrected chi connectivity index (χ3v) is 7.06. The van der Waals surface area contributed by atoms with Crippen molar-refractivity contribution in [3.05, 3.63) is 29.8 Å². The molecule has 2 aliphatic heterocycles. The Bertz CT molecular complexity index is 835. The number of benzene rings is 1. The van der Waals surface area contributed by atoms with Crippen LogP contribution < -0.4 is 10.6 Å².